The Morgan fingerprint density at radius 2 is 1.95 bits per heavy atom. The molecule has 0 aliphatic heterocycles. The van der Waals surface area contributed by atoms with E-state index in [0.717, 1.165) is 16.5 Å². The van der Waals surface area contributed by atoms with Gasteiger partial charge in [-0.05, 0) is 50.8 Å². The van der Waals surface area contributed by atoms with Crippen LogP contribution in [0.25, 0.3) is 0 Å². The number of rotatable bonds is 7. The third kappa shape index (κ3) is 5.74. The van der Waals surface area contributed by atoms with Gasteiger partial charge in [-0.3, -0.25) is 4.79 Å². The van der Waals surface area contributed by atoms with Gasteiger partial charge in [0.25, 0.3) is 0 Å². The molecule has 0 spiro atoms. The summed E-state index contributed by atoms with van der Waals surface area (Å²) < 4.78 is 6.34. The standard InChI is InChI=1S/C15H21BrO3/c1-15(2,19-3)9-8-12(14(17)18)10-11-4-6-13(16)7-5-11/h4-7,12H,8-10H2,1-3H3,(H,17,18). The van der Waals surface area contributed by atoms with E-state index in [9.17, 15) is 9.90 Å². The lowest BCUT2D eigenvalue weighted by molar-refractivity contribution is -0.142. The lowest BCUT2D eigenvalue weighted by Gasteiger charge is -2.24. The quantitative estimate of drug-likeness (QED) is 0.825. The van der Waals surface area contributed by atoms with Gasteiger partial charge in [-0.25, -0.2) is 0 Å². The maximum Gasteiger partial charge on any atom is 0.306 e. The summed E-state index contributed by atoms with van der Waals surface area (Å²) in [6, 6.07) is 7.80. The van der Waals surface area contributed by atoms with Crippen LogP contribution in [0.15, 0.2) is 28.7 Å². The summed E-state index contributed by atoms with van der Waals surface area (Å²) in [6.07, 6.45) is 1.91. The SMILES string of the molecule is COC(C)(C)CCC(Cc1ccc(Br)cc1)C(=O)O. The first-order valence-corrected chi connectivity index (χ1v) is 7.16. The molecule has 0 radical (unpaired) electrons. The van der Waals surface area contributed by atoms with Crippen molar-refractivity contribution in [3.63, 3.8) is 0 Å². The maximum absolute atomic E-state index is 11.3. The van der Waals surface area contributed by atoms with Gasteiger partial charge >= 0.3 is 5.97 Å². The van der Waals surface area contributed by atoms with Crippen molar-refractivity contribution in [2.45, 2.75) is 38.7 Å². The predicted molar refractivity (Wildman–Crippen MR) is 79.3 cm³/mol. The molecule has 0 heterocycles. The average molecular weight is 329 g/mol. The molecule has 1 rings (SSSR count). The smallest absolute Gasteiger partial charge is 0.306 e. The first kappa shape index (κ1) is 16.2. The van der Waals surface area contributed by atoms with Crippen molar-refractivity contribution in [1.29, 1.82) is 0 Å². The minimum atomic E-state index is -0.741. The Hall–Kier alpha value is -0.870. The summed E-state index contributed by atoms with van der Waals surface area (Å²) in [5.74, 6) is -1.11. The number of hydrogen-bond donors (Lipinski definition) is 1. The van der Waals surface area contributed by atoms with Crippen molar-refractivity contribution in [2.24, 2.45) is 5.92 Å². The summed E-state index contributed by atoms with van der Waals surface area (Å²) in [5.41, 5.74) is 0.777. The zero-order chi connectivity index (χ0) is 14.5. The van der Waals surface area contributed by atoms with Crippen molar-refractivity contribution < 1.29 is 14.6 Å². The number of carboxylic acids is 1. The molecule has 0 saturated heterocycles. The highest BCUT2D eigenvalue weighted by atomic mass is 79.9. The van der Waals surface area contributed by atoms with E-state index in [-0.39, 0.29) is 11.5 Å². The van der Waals surface area contributed by atoms with Crippen LogP contribution in [-0.4, -0.2) is 23.8 Å². The van der Waals surface area contributed by atoms with Gasteiger partial charge in [-0.1, -0.05) is 28.1 Å². The van der Waals surface area contributed by atoms with E-state index < -0.39 is 5.97 Å². The van der Waals surface area contributed by atoms with Crippen LogP contribution in [0.3, 0.4) is 0 Å². The minimum Gasteiger partial charge on any atom is -0.481 e. The van der Waals surface area contributed by atoms with Crippen LogP contribution >= 0.6 is 15.9 Å². The van der Waals surface area contributed by atoms with Crippen LogP contribution in [0.1, 0.15) is 32.3 Å². The zero-order valence-corrected chi connectivity index (χ0v) is 13.2. The molecule has 0 aliphatic rings. The Bertz CT molecular complexity index is 412. The second-order valence-electron chi connectivity index (χ2n) is 5.37. The van der Waals surface area contributed by atoms with Gasteiger partial charge in [0.05, 0.1) is 11.5 Å². The van der Waals surface area contributed by atoms with E-state index in [1.807, 2.05) is 38.1 Å². The summed E-state index contributed by atoms with van der Waals surface area (Å²) in [4.78, 5) is 11.3. The molecule has 0 aromatic heterocycles. The molecule has 0 saturated carbocycles. The summed E-state index contributed by atoms with van der Waals surface area (Å²) in [5, 5.41) is 9.31. The highest BCUT2D eigenvalue weighted by molar-refractivity contribution is 9.10. The van der Waals surface area contributed by atoms with Gasteiger partial charge < -0.3 is 9.84 Å². The predicted octanol–water partition coefficient (Wildman–Crippen LogP) is 3.90. The maximum atomic E-state index is 11.3. The van der Waals surface area contributed by atoms with Gasteiger partial charge in [-0.15, -0.1) is 0 Å². The van der Waals surface area contributed by atoms with E-state index in [1.54, 1.807) is 7.11 Å². The first-order chi connectivity index (χ1) is 8.84. The summed E-state index contributed by atoms with van der Waals surface area (Å²) >= 11 is 3.37. The highest BCUT2D eigenvalue weighted by Gasteiger charge is 2.23. The number of carbonyl (C=O) groups is 1. The molecule has 0 aliphatic carbocycles. The van der Waals surface area contributed by atoms with Crippen LogP contribution in [0, 0.1) is 5.92 Å². The lowest BCUT2D eigenvalue weighted by atomic mass is 9.90. The molecule has 1 unspecified atom stereocenters. The van der Waals surface area contributed by atoms with Crippen LogP contribution in [0.2, 0.25) is 0 Å². The molecule has 0 fully saturated rings. The Kier molecular flexibility index (Phi) is 6.01. The van der Waals surface area contributed by atoms with Gasteiger partial charge in [0.15, 0.2) is 0 Å². The number of aliphatic carboxylic acids is 1. The van der Waals surface area contributed by atoms with Gasteiger partial charge in [0.2, 0.25) is 0 Å². The second-order valence-corrected chi connectivity index (χ2v) is 6.28. The number of benzene rings is 1. The second kappa shape index (κ2) is 7.06. The Morgan fingerprint density at radius 1 is 1.37 bits per heavy atom. The van der Waals surface area contributed by atoms with Crippen molar-refractivity contribution in [3.8, 4) is 0 Å². The first-order valence-electron chi connectivity index (χ1n) is 6.36. The lowest BCUT2D eigenvalue weighted by Crippen LogP contribution is -2.26. The molecule has 1 atom stereocenters. The Morgan fingerprint density at radius 3 is 2.42 bits per heavy atom. The Balaban J connectivity index is 2.63. The molecule has 19 heavy (non-hydrogen) atoms. The molecular formula is C15H21BrO3. The van der Waals surface area contributed by atoms with Gasteiger partial charge in [0, 0.05) is 11.6 Å². The molecule has 0 amide bonds. The number of halogens is 1. The number of carboxylic acid groups (broad SMARTS) is 1. The van der Waals surface area contributed by atoms with Gasteiger partial charge in [-0.2, -0.15) is 0 Å². The summed E-state index contributed by atoms with van der Waals surface area (Å²) in [7, 11) is 1.66. The van der Waals surface area contributed by atoms with E-state index in [0.29, 0.717) is 12.8 Å². The van der Waals surface area contributed by atoms with Crippen molar-refractivity contribution in [2.75, 3.05) is 7.11 Å². The monoisotopic (exact) mass is 328 g/mol. The van der Waals surface area contributed by atoms with Crippen LogP contribution in [0.4, 0.5) is 0 Å². The van der Waals surface area contributed by atoms with Gasteiger partial charge in [0.1, 0.15) is 0 Å². The highest BCUT2D eigenvalue weighted by Crippen LogP contribution is 2.23. The Labute approximate surface area is 123 Å². The van der Waals surface area contributed by atoms with Crippen LogP contribution in [-0.2, 0) is 16.0 Å². The molecule has 1 aromatic carbocycles. The fourth-order valence-corrected chi connectivity index (χ4v) is 2.11. The van der Waals surface area contributed by atoms with E-state index in [1.165, 1.54) is 0 Å². The zero-order valence-electron chi connectivity index (χ0n) is 11.6. The molecule has 106 valence electrons. The fourth-order valence-electron chi connectivity index (χ4n) is 1.84. The molecular weight excluding hydrogens is 308 g/mol. The minimum absolute atomic E-state index is 0.270. The molecule has 0 bridgehead atoms. The molecule has 3 nitrogen and oxygen atoms in total. The van der Waals surface area contributed by atoms with Crippen molar-refractivity contribution in [1.82, 2.24) is 0 Å². The van der Waals surface area contributed by atoms with Crippen LogP contribution < -0.4 is 0 Å². The fraction of sp³-hybridized carbons (Fsp3) is 0.533. The number of methoxy groups -OCH3 is 1. The topological polar surface area (TPSA) is 46.5 Å². The molecule has 1 aromatic rings. The van der Waals surface area contributed by atoms with E-state index >= 15 is 0 Å². The molecule has 4 heteroatoms. The summed E-state index contributed by atoms with van der Waals surface area (Å²) in [6.45, 7) is 3.96. The third-order valence-electron chi connectivity index (χ3n) is 3.39. The van der Waals surface area contributed by atoms with E-state index in [4.69, 9.17) is 4.74 Å². The van der Waals surface area contributed by atoms with Crippen molar-refractivity contribution in [3.05, 3.63) is 34.3 Å². The number of ether oxygens (including phenoxy) is 1. The normalized spacial score (nSPS) is 13.3. The molecule has 1 N–H and O–H groups in total. The van der Waals surface area contributed by atoms with Crippen LogP contribution in [0.5, 0.6) is 0 Å². The largest absolute Gasteiger partial charge is 0.481 e. The third-order valence-corrected chi connectivity index (χ3v) is 3.92. The van der Waals surface area contributed by atoms with E-state index in [2.05, 4.69) is 15.9 Å². The number of hydrogen-bond acceptors (Lipinski definition) is 2. The van der Waals surface area contributed by atoms with Crippen molar-refractivity contribution >= 4 is 21.9 Å². The average Bonchev–Trinajstić information content (AvgIpc) is 2.36.